The first-order valence-electron chi connectivity index (χ1n) is 1.92. The SMILES string of the molecule is [B]OCC(O)CO.[H-].[Na+]. The van der Waals surface area contributed by atoms with Gasteiger partial charge in [-0.3, -0.25) is 0 Å². The van der Waals surface area contributed by atoms with Gasteiger partial charge in [0.1, 0.15) is 0 Å². The van der Waals surface area contributed by atoms with Crippen molar-refractivity contribution in [3.63, 3.8) is 0 Å². The molecule has 1 unspecified atom stereocenters. The third-order valence-corrected chi connectivity index (χ3v) is 0.499. The first kappa shape index (κ1) is 11.7. The van der Waals surface area contributed by atoms with E-state index >= 15 is 0 Å². The van der Waals surface area contributed by atoms with Gasteiger partial charge >= 0.3 is 29.6 Å². The van der Waals surface area contributed by atoms with Crippen LogP contribution in [0, 0.1) is 0 Å². The molecule has 0 saturated carbocycles. The summed E-state index contributed by atoms with van der Waals surface area (Å²) in [5.41, 5.74) is 0. The molecule has 0 aromatic rings. The van der Waals surface area contributed by atoms with Crippen molar-refractivity contribution in [3.8, 4) is 0 Å². The van der Waals surface area contributed by atoms with Crippen LogP contribution in [-0.4, -0.2) is 37.6 Å². The van der Waals surface area contributed by atoms with Crippen molar-refractivity contribution >= 4 is 8.05 Å². The Morgan fingerprint density at radius 3 is 2.38 bits per heavy atom. The fourth-order valence-corrected chi connectivity index (χ4v) is 0.164. The van der Waals surface area contributed by atoms with Crippen LogP contribution in [0.1, 0.15) is 1.43 Å². The molecule has 0 aromatic heterocycles. The second-order valence-electron chi connectivity index (χ2n) is 1.17. The summed E-state index contributed by atoms with van der Waals surface area (Å²) in [4.78, 5) is 0. The number of rotatable bonds is 3. The van der Waals surface area contributed by atoms with Crippen molar-refractivity contribution in [2.75, 3.05) is 13.2 Å². The van der Waals surface area contributed by atoms with Gasteiger partial charge in [-0.05, 0) is 0 Å². The Bertz CT molecular complexity index is 50.0. The zero-order valence-electron chi connectivity index (χ0n) is 5.87. The average Bonchev–Trinajstić information content (AvgIpc) is 1.68. The largest absolute Gasteiger partial charge is 1.00 e. The van der Waals surface area contributed by atoms with E-state index in [0.29, 0.717) is 0 Å². The average molecular weight is 126 g/mol. The summed E-state index contributed by atoms with van der Waals surface area (Å²) in [5, 5.41) is 16.5. The van der Waals surface area contributed by atoms with E-state index in [1.807, 2.05) is 0 Å². The summed E-state index contributed by atoms with van der Waals surface area (Å²) >= 11 is 0. The number of hydrogen-bond acceptors (Lipinski definition) is 3. The van der Waals surface area contributed by atoms with Gasteiger partial charge in [0, 0.05) is 0 Å². The van der Waals surface area contributed by atoms with Crippen molar-refractivity contribution in [2.24, 2.45) is 0 Å². The number of hydrogen-bond donors (Lipinski definition) is 2. The maximum atomic E-state index is 8.40. The van der Waals surface area contributed by atoms with Crippen molar-refractivity contribution in [1.29, 1.82) is 0 Å². The molecule has 0 spiro atoms. The van der Waals surface area contributed by atoms with Crippen LogP contribution in [0.2, 0.25) is 0 Å². The van der Waals surface area contributed by atoms with Gasteiger partial charge in [0.15, 0.2) is 0 Å². The molecule has 5 heteroatoms. The Labute approximate surface area is 73.3 Å². The van der Waals surface area contributed by atoms with Crippen LogP contribution >= 0.6 is 0 Å². The monoisotopic (exact) mass is 126 g/mol. The molecule has 0 aliphatic carbocycles. The van der Waals surface area contributed by atoms with Crippen molar-refractivity contribution in [2.45, 2.75) is 6.10 Å². The van der Waals surface area contributed by atoms with Gasteiger partial charge in [-0.25, -0.2) is 0 Å². The molecule has 3 nitrogen and oxygen atoms in total. The third kappa shape index (κ3) is 6.94. The van der Waals surface area contributed by atoms with Gasteiger partial charge in [-0.2, -0.15) is 0 Å². The smallest absolute Gasteiger partial charge is 1.00 e. The predicted octanol–water partition coefficient (Wildman–Crippen LogP) is -4.44. The molecule has 0 bridgehead atoms. The molecule has 8 heavy (non-hydrogen) atoms. The second kappa shape index (κ2) is 7.94. The van der Waals surface area contributed by atoms with E-state index in [9.17, 15) is 0 Å². The maximum absolute atomic E-state index is 8.40. The minimum Gasteiger partial charge on any atom is -1.00 e. The van der Waals surface area contributed by atoms with Gasteiger partial charge in [0.05, 0.1) is 19.3 Å². The Hall–Kier alpha value is 0.945. The van der Waals surface area contributed by atoms with E-state index in [1.54, 1.807) is 0 Å². The van der Waals surface area contributed by atoms with Gasteiger partial charge in [0.2, 0.25) is 0 Å². The van der Waals surface area contributed by atoms with Crippen LogP contribution < -0.4 is 29.6 Å². The molecule has 0 fully saturated rings. The Morgan fingerprint density at radius 1 is 1.75 bits per heavy atom. The molecule has 0 saturated heterocycles. The fraction of sp³-hybridized carbons (Fsp3) is 1.00. The first-order valence-corrected chi connectivity index (χ1v) is 1.92. The molecule has 0 amide bonds. The molecular formula is C3H8BNaO3. The molecule has 0 aromatic carbocycles. The number of aliphatic hydroxyl groups excluding tert-OH is 2. The maximum Gasteiger partial charge on any atom is 1.00 e. The fourth-order valence-electron chi connectivity index (χ4n) is 0.164. The number of aliphatic hydroxyl groups is 2. The van der Waals surface area contributed by atoms with E-state index in [0.717, 1.165) is 0 Å². The normalized spacial score (nSPS) is 12.2. The van der Waals surface area contributed by atoms with Gasteiger partial charge in [-0.15, -0.1) is 0 Å². The van der Waals surface area contributed by atoms with Gasteiger partial charge in [0.25, 0.3) is 8.05 Å². The minimum atomic E-state index is -0.843. The summed E-state index contributed by atoms with van der Waals surface area (Å²) in [7, 11) is 4.53. The zero-order valence-corrected chi connectivity index (χ0v) is 6.87. The summed E-state index contributed by atoms with van der Waals surface area (Å²) in [6, 6.07) is 0. The van der Waals surface area contributed by atoms with Crippen LogP contribution in [0.15, 0.2) is 0 Å². The summed E-state index contributed by atoms with van der Waals surface area (Å²) in [6.45, 7) is -0.326. The topological polar surface area (TPSA) is 49.7 Å². The van der Waals surface area contributed by atoms with Crippen LogP contribution in [-0.2, 0) is 4.65 Å². The Balaban J connectivity index is -0.000000180. The summed E-state index contributed by atoms with van der Waals surface area (Å²) in [5.74, 6) is 0. The molecule has 1 atom stereocenters. The van der Waals surface area contributed by atoms with Gasteiger partial charge in [-0.1, -0.05) is 0 Å². The molecular weight excluding hydrogens is 118 g/mol. The second-order valence-corrected chi connectivity index (χ2v) is 1.17. The van der Waals surface area contributed by atoms with Crippen LogP contribution in [0.4, 0.5) is 0 Å². The van der Waals surface area contributed by atoms with E-state index in [1.165, 1.54) is 0 Å². The van der Waals surface area contributed by atoms with Crippen molar-refractivity contribution in [3.05, 3.63) is 0 Å². The van der Waals surface area contributed by atoms with Crippen LogP contribution in [0.3, 0.4) is 0 Å². The minimum absolute atomic E-state index is 0. The van der Waals surface area contributed by atoms with E-state index in [4.69, 9.17) is 10.2 Å². The predicted molar refractivity (Wildman–Crippen MR) is 25.9 cm³/mol. The molecule has 0 aliphatic rings. The van der Waals surface area contributed by atoms with Crippen LogP contribution in [0.5, 0.6) is 0 Å². The third-order valence-electron chi connectivity index (χ3n) is 0.499. The molecule has 2 N–H and O–H groups in total. The Morgan fingerprint density at radius 2 is 2.25 bits per heavy atom. The zero-order chi connectivity index (χ0) is 5.70. The van der Waals surface area contributed by atoms with Crippen molar-refractivity contribution < 1.29 is 45.9 Å². The standard InChI is InChI=1S/C3H7BO3.Na.H/c4-7-2-3(6)1-5;;/h3,5-6H,1-2H2;;/q;+1;-1. The van der Waals surface area contributed by atoms with Crippen LogP contribution in [0.25, 0.3) is 0 Å². The molecule has 0 aliphatic heterocycles. The van der Waals surface area contributed by atoms with E-state index in [-0.39, 0.29) is 44.2 Å². The van der Waals surface area contributed by atoms with E-state index < -0.39 is 6.10 Å². The molecule has 0 rings (SSSR count). The molecule has 2 radical (unpaired) electrons. The molecule has 42 valence electrons. The van der Waals surface area contributed by atoms with Crippen molar-refractivity contribution in [1.82, 2.24) is 0 Å². The summed E-state index contributed by atoms with van der Waals surface area (Å²) < 4.78 is 3.98. The quantitative estimate of drug-likeness (QED) is 0.375. The summed E-state index contributed by atoms with van der Waals surface area (Å²) in [6.07, 6.45) is -0.843. The van der Waals surface area contributed by atoms with E-state index in [2.05, 4.69) is 12.7 Å². The first-order chi connectivity index (χ1) is 3.31. The molecule has 0 heterocycles. The Kier molecular flexibility index (Phi) is 11.6. The van der Waals surface area contributed by atoms with Gasteiger partial charge < -0.3 is 16.3 Å².